The summed E-state index contributed by atoms with van der Waals surface area (Å²) in [6, 6.07) is 1.75. The lowest BCUT2D eigenvalue weighted by Gasteiger charge is -2.18. The van der Waals surface area contributed by atoms with Crippen LogP contribution in [0.4, 0.5) is 0 Å². The number of rotatable bonds is 5. The Bertz CT molecular complexity index is 463. The van der Waals surface area contributed by atoms with Gasteiger partial charge < -0.3 is 10.0 Å². The van der Waals surface area contributed by atoms with E-state index < -0.39 is 5.97 Å². The number of carbonyl (C=O) groups excluding carboxylic acids is 1. The van der Waals surface area contributed by atoms with Crippen LogP contribution < -0.4 is 0 Å². The fourth-order valence-electron chi connectivity index (χ4n) is 1.59. The third-order valence-corrected chi connectivity index (χ3v) is 3.20. The molecule has 18 heavy (non-hydrogen) atoms. The fourth-order valence-corrected chi connectivity index (χ4v) is 2.47. The quantitative estimate of drug-likeness (QED) is 0.834. The van der Waals surface area contributed by atoms with Crippen LogP contribution in [0.15, 0.2) is 17.5 Å². The lowest BCUT2D eigenvalue weighted by Crippen LogP contribution is -2.30. The van der Waals surface area contributed by atoms with Gasteiger partial charge in [0.2, 0.25) is 0 Å². The number of carboxylic acids is 1. The van der Waals surface area contributed by atoms with Crippen molar-refractivity contribution in [2.75, 3.05) is 13.6 Å². The summed E-state index contributed by atoms with van der Waals surface area (Å²) in [4.78, 5) is 24.9. The molecule has 4 nitrogen and oxygen atoms in total. The SMILES string of the molecule is CC(C)CN(C)C(=O)c1sccc1C=CC(=O)O. The van der Waals surface area contributed by atoms with Crippen molar-refractivity contribution in [3.63, 3.8) is 0 Å². The highest BCUT2D eigenvalue weighted by atomic mass is 32.1. The molecule has 0 aliphatic rings. The number of hydrogen-bond donors (Lipinski definition) is 1. The summed E-state index contributed by atoms with van der Waals surface area (Å²) in [7, 11) is 1.76. The highest BCUT2D eigenvalue weighted by Gasteiger charge is 2.16. The van der Waals surface area contributed by atoms with Crippen LogP contribution in [-0.4, -0.2) is 35.5 Å². The molecule has 0 atom stereocenters. The van der Waals surface area contributed by atoms with Crippen molar-refractivity contribution in [2.45, 2.75) is 13.8 Å². The Morgan fingerprint density at radius 2 is 2.17 bits per heavy atom. The molecule has 1 heterocycles. The first-order valence-electron chi connectivity index (χ1n) is 5.65. The molecule has 1 N–H and O–H groups in total. The lowest BCUT2D eigenvalue weighted by atomic mass is 10.2. The number of carboxylic acid groups (broad SMARTS) is 1. The summed E-state index contributed by atoms with van der Waals surface area (Å²) in [5, 5.41) is 10.4. The number of hydrogen-bond acceptors (Lipinski definition) is 3. The summed E-state index contributed by atoms with van der Waals surface area (Å²) in [6.07, 6.45) is 2.50. The summed E-state index contributed by atoms with van der Waals surface area (Å²) in [5.74, 6) is -0.684. The molecule has 0 aliphatic carbocycles. The van der Waals surface area contributed by atoms with E-state index in [1.807, 2.05) is 13.8 Å². The van der Waals surface area contributed by atoms with Gasteiger partial charge in [0.25, 0.3) is 5.91 Å². The first-order chi connectivity index (χ1) is 8.41. The molecule has 1 aromatic rings. The molecule has 0 aliphatic heterocycles. The molecule has 0 radical (unpaired) electrons. The highest BCUT2D eigenvalue weighted by molar-refractivity contribution is 7.12. The summed E-state index contributed by atoms with van der Waals surface area (Å²) in [5.41, 5.74) is 0.656. The number of carbonyl (C=O) groups is 2. The first kappa shape index (κ1) is 14.4. The largest absolute Gasteiger partial charge is 0.478 e. The van der Waals surface area contributed by atoms with E-state index in [-0.39, 0.29) is 5.91 Å². The molecule has 0 fully saturated rings. The van der Waals surface area contributed by atoms with Crippen LogP contribution in [0.25, 0.3) is 6.08 Å². The summed E-state index contributed by atoms with van der Waals surface area (Å²) >= 11 is 1.33. The maximum atomic E-state index is 12.2. The molecule has 1 aromatic heterocycles. The molecule has 0 saturated carbocycles. The zero-order chi connectivity index (χ0) is 13.7. The molecule has 5 heteroatoms. The Labute approximate surface area is 111 Å². The number of aliphatic carboxylic acids is 1. The Balaban J connectivity index is 2.87. The number of nitrogens with zero attached hydrogens (tertiary/aromatic N) is 1. The normalized spacial score (nSPS) is 11.1. The maximum absolute atomic E-state index is 12.2. The van der Waals surface area contributed by atoms with Gasteiger partial charge in [-0.15, -0.1) is 11.3 Å². The number of thiophene rings is 1. The van der Waals surface area contributed by atoms with Crippen LogP contribution in [0.2, 0.25) is 0 Å². The zero-order valence-electron chi connectivity index (χ0n) is 10.7. The van der Waals surface area contributed by atoms with Crippen molar-refractivity contribution >= 4 is 29.3 Å². The molecule has 1 rings (SSSR count). The minimum Gasteiger partial charge on any atom is -0.478 e. The van der Waals surface area contributed by atoms with Crippen molar-refractivity contribution in [3.05, 3.63) is 28.0 Å². The summed E-state index contributed by atoms with van der Waals surface area (Å²) in [6.45, 7) is 4.77. The van der Waals surface area contributed by atoms with Gasteiger partial charge in [-0.25, -0.2) is 4.79 Å². The van der Waals surface area contributed by atoms with E-state index in [9.17, 15) is 9.59 Å². The monoisotopic (exact) mass is 267 g/mol. The van der Waals surface area contributed by atoms with Crippen molar-refractivity contribution in [1.82, 2.24) is 4.90 Å². The van der Waals surface area contributed by atoms with E-state index in [1.165, 1.54) is 17.4 Å². The van der Waals surface area contributed by atoms with Gasteiger partial charge in [0, 0.05) is 19.7 Å². The highest BCUT2D eigenvalue weighted by Crippen LogP contribution is 2.20. The Morgan fingerprint density at radius 3 is 2.72 bits per heavy atom. The third kappa shape index (κ3) is 4.00. The van der Waals surface area contributed by atoms with Gasteiger partial charge >= 0.3 is 5.97 Å². The van der Waals surface area contributed by atoms with Crippen molar-refractivity contribution in [1.29, 1.82) is 0 Å². The van der Waals surface area contributed by atoms with E-state index in [4.69, 9.17) is 5.11 Å². The molecular formula is C13H17NO3S. The van der Waals surface area contributed by atoms with Crippen molar-refractivity contribution in [3.8, 4) is 0 Å². The van der Waals surface area contributed by atoms with E-state index in [2.05, 4.69) is 0 Å². The number of amides is 1. The molecular weight excluding hydrogens is 250 g/mol. The van der Waals surface area contributed by atoms with Gasteiger partial charge in [-0.05, 0) is 29.0 Å². The molecule has 98 valence electrons. The minimum atomic E-state index is -1.02. The zero-order valence-corrected chi connectivity index (χ0v) is 11.5. The van der Waals surface area contributed by atoms with Crippen LogP contribution >= 0.6 is 11.3 Å². The van der Waals surface area contributed by atoms with E-state index in [0.29, 0.717) is 22.9 Å². The topological polar surface area (TPSA) is 57.6 Å². The lowest BCUT2D eigenvalue weighted by molar-refractivity contribution is -0.131. The predicted octanol–water partition coefficient (Wildman–Crippen LogP) is 2.57. The molecule has 0 saturated heterocycles. The minimum absolute atomic E-state index is 0.0660. The van der Waals surface area contributed by atoms with E-state index in [0.717, 1.165) is 6.08 Å². The second kappa shape index (κ2) is 6.35. The average Bonchev–Trinajstić information content (AvgIpc) is 2.72. The van der Waals surface area contributed by atoms with Crippen molar-refractivity contribution < 1.29 is 14.7 Å². The molecule has 0 unspecified atom stereocenters. The van der Waals surface area contributed by atoms with Gasteiger partial charge in [-0.2, -0.15) is 0 Å². The van der Waals surface area contributed by atoms with Crippen LogP contribution in [-0.2, 0) is 4.79 Å². The van der Waals surface area contributed by atoms with Gasteiger partial charge in [0.05, 0.1) is 4.88 Å². The van der Waals surface area contributed by atoms with Crippen LogP contribution in [0.1, 0.15) is 29.1 Å². The Kier molecular flexibility index (Phi) is 5.09. The molecule has 1 amide bonds. The van der Waals surface area contributed by atoms with Crippen LogP contribution in [0.3, 0.4) is 0 Å². The van der Waals surface area contributed by atoms with E-state index in [1.54, 1.807) is 23.4 Å². The van der Waals surface area contributed by atoms with Gasteiger partial charge in [0.1, 0.15) is 0 Å². The molecule has 0 bridgehead atoms. The Hall–Kier alpha value is -1.62. The average molecular weight is 267 g/mol. The fraction of sp³-hybridized carbons (Fsp3) is 0.385. The van der Waals surface area contributed by atoms with Gasteiger partial charge in [-0.3, -0.25) is 4.79 Å². The second-order valence-corrected chi connectivity index (χ2v) is 5.37. The van der Waals surface area contributed by atoms with Crippen LogP contribution in [0, 0.1) is 5.92 Å². The second-order valence-electron chi connectivity index (χ2n) is 4.46. The standard InChI is InChI=1S/C13H17NO3S/c1-9(2)8-14(3)13(17)12-10(6-7-18-12)4-5-11(15)16/h4-7,9H,8H2,1-3H3,(H,15,16). The maximum Gasteiger partial charge on any atom is 0.328 e. The van der Waals surface area contributed by atoms with Gasteiger partial charge in [0.15, 0.2) is 0 Å². The van der Waals surface area contributed by atoms with Crippen molar-refractivity contribution in [2.24, 2.45) is 5.92 Å². The van der Waals surface area contributed by atoms with Gasteiger partial charge in [-0.1, -0.05) is 13.8 Å². The smallest absolute Gasteiger partial charge is 0.328 e. The molecule has 0 spiro atoms. The van der Waals surface area contributed by atoms with E-state index >= 15 is 0 Å². The first-order valence-corrected chi connectivity index (χ1v) is 6.53. The Morgan fingerprint density at radius 1 is 1.50 bits per heavy atom. The predicted molar refractivity (Wildman–Crippen MR) is 72.8 cm³/mol. The summed E-state index contributed by atoms with van der Waals surface area (Å²) < 4.78 is 0. The van der Waals surface area contributed by atoms with Crippen LogP contribution in [0.5, 0.6) is 0 Å². The molecule has 0 aromatic carbocycles. The third-order valence-electron chi connectivity index (χ3n) is 2.28.